The van der Waals surface area contributed by atoms with E-state index in [2.05, 4.69) is 10.3 Å². The number of hydrogen-bond donors (Lipinski definition) is 1. The Morgan fingerprint density at radius 3 is 2.61 bits per heavy atom. The number of pyridine rings is 1. The maximum absolute atomic E-state index is 16.0. The number of nitrogens with zero attached hydrogens (tertiary/aromatic N) is 2. The second kappa shape index (κ2) is 11.8. The number of carbonyl (C=O) groups is 3. The number of alkyl halides is 2. The van der Waals surface area contributed by atoms with Crippen LogP contribution < -0.4 is 14.8 Å². The number of halogens is 2. The molecule has 2 aromatic rings. The van der Waals surface area contributed by atoms with Crippen LogP contribution >= 0.6 is 0 Å². The lowest BCUT2D eigenvalue weighted by Crippen LogP contribution is -2.56. The van der Waals surface area contributed by atoms with Crippen molar-refractivity contribution in [2.24, 2.45) is 17.3 Å². The van der Waals surface area contributed by atoms with Crippen LogP contribution in [-0.4, -0.2) is 65.6 Å². The van der Waals surface area contributed by atoms with E-state index < -0.39 is 65.2 Å². The van der Waals surface area contributed by atoms with Crippen LogP contribution in [0.25, 0.3) is 10.9 Å². The van der Waals surface area contributed by atoms with Crippen molar-refractivity contribution < 1.29 is 37.4 Å². The van der Waals surface area contributed by atoms with E-state index in [0.717, 1.165) is 0 Å². The largest absolute Gasteiger partial charge is 0.497 e. The Hall–Kier alpha value is -3.50. The molecule has 0 unspecified atom stereocenters. The van der Waals surface area contributed by atoms with Crippen molar-refractivity contribution in [3.63, 3.8) is 0 Å². The summed E-state index contributed by atoms with van der Waals surface area (Å²) in [6.45, 7) is 9.14. The van der Waals surface area contributed by atoms with E-state index >= 15 is 8.78 Å². The summed E-state index contributed by atoms with van der Waals surface area (Å²) in [5.74, 6) is -3.72. The summed E-state index contributed by atoms with van der Waals surface area (Å²) in [5, 5.41) is 3.35. The first-order valence-electron chi connectivity index (χ1n) is 15.5. The van der Waals surface area contributed by atoms with Crippen molar-refractivity contribution in [3.8, 4) is 11.5 Å². The number of fused-ring (bicyclic) bond motifs is 5. The molecule has 1 N–H and O–H groups in total. The molecule has 3 aliphatic rings. The summed E-state index contributed by atoms with van der Waals surface area (Å²) in [7, 11) is 1.52. The monoisotopic (exact) mass is 615 g/mol. The van der Waals surface area contributed by atoms with Gasteiger partial charge in [0.15, 0.2) is 5.69 Å². The molecule has 6 atom stereocenters. The second-order valence-corrected chi connectivity index (χ2v) is 13.7. The average Bonchev–Trinajstić information content (AvgIpc) is 3.45. The standard InChI is InChI=1S/C33H43F2N3O6/c1-7-22-24(18-39)38-17-26(22)43-25-15-19-14-21(42-6)11-12-23(19)36-27(25)33(34,35)13-9-8-10-20-16-32(20,5)44-30(41)37-28(29(38)40)31(2,3)4/h11-12,14-15,18,20,22,24,26,28H,7-10,13,16-17H2,1-6H3,(H,37,41)/t20-,22+,24-,26+,28-,32-/m1/s1. The molecule has 5 rings (SSSR count). The highest BCUT2D eigenvalue weighted by atomic mass is 19.3. The number of alkyl carbamates (subject to hydrolysis) is 1. The van der Waals surface area contributed by atoms with Gasteiger partial charge in [-0.05, 0) is 62.3 Å². The lowest BCUT2D eigenvalue weighted by atomic mass is 9.85. The third-order valence-electron chi connectivity index (χ3n) is 9.51. The van der Waals surface area contributed by atoms with Gasteiger partial charge in [-0.2, -0.15) is 8.78 Å². The van der Waals surface area contributed by atoms with Crippen molar-refractivity contribution in [2.45, 2.75) is 103 Å². The van der Waals surface area contributed by atoms with Crippen LogP contribution in [0.4, 0.5) is 13.6 Å². The molecule has 0 spiro atoms. The van der Waals surface area contributed by atoms with Gasteiger partial charge < -0.3 is 29.2 Å². The van der Waals surface area contributed by atoms with Gasteiger partial charge in [-0.3, -0.25) is 4.79 Å². The van der Waals surface area contributed by atoms with E-state index in [1.807, 2.05) is 34.6 Å². The lowest BCUT2D eigenvalue weighted by Gasteiger charge is -2.35. The number of aldehydes is 1. The Balaban J connectivity index is 1.58. The van der Waals surface area contributed by atoms with Crippen LogP contribution in [0.3, 0.4) is 0 Å². The van der Waals surface area contributed by atoms with Gasteiger partial charge in [0, 0.05) is 23.6 Å². The Bertz CT molecular complexity index is 1430. The van der Waals surface area contributed by atoms with E-state index in [1.165, 1.54) is 12.0 Å². The van der Waals surface area contributed by atoms with Crippen molar-refractivity contribution >= 4 is 29.2 Å². The number of rotatable bonds is 3. The third-order valence-corrected chi connectivity index (χ3v) is 9.51. The fraction of sp³-hybridized carbons (Fsp3) is 0.636. The van der Waals surface area contributed by atoms with Gasteiger partial charge in [-0.25, -0.2) is 9.78 Å². The van der Waals surface area contributed by atoms with E-state index in [9.17, 15) is 14.4 Å². The summed E-state index contributed by atoms with van der Waals surface area (Å²) in [6.07, 6.45) is 1.27. The number of benzene rings is 1. The maximum atomic E-state index is 16.0. The maximum Gasteiger partial charge on any atom is 0.408 e. The Morgan fingerprint density at radius 1 is 1.20 bits per heavy atom. The van der Waals surface area contributed by atoms with Crippen molar-refractivity contribution in [3.05, 3.63) is 30.0 Å². The molecule has 1 saturated heterocycles. The number of ether oxygens (including phenoxy) is 3. The van der Waals surface area contributed by atoms with E-state index in [0.29, 0.717) is 48.6 Å². The van der Waals surface area contributed by atoms with Crippen LogP contribution in [0, 0.1) is 17.3 Å². The molecule has 2 bridgehead atoms. The molecule has 0 radical (unpaired) electrons. The SMILES string of the molecule is CC[C@@H]1[C@@H]2CN(C(=O)[C@H](C(C)(C)C)NC(=O)O[C@]3(C)C[C@H]3CCCCC(F)(F)c3nc4ccc(OC)cc4cc3O2)[C@@H]1C=O. The number of amides is 2. The first-order valence-corrected chi connectivity index (χ1v) is 15.5. The van der Waals surface area contributed by atoms with E-state index in [1.54, 1.807) is 24.3 Å². The van der Waals surface area contributed by atoms with E-state index in [4.69, 9.17) is 14.2 Å². The minimum absolute atomic E-state index is 0.0228. The molecule has 2 amide bonds. The first-order chi connectivity index (χ1) is 20.7. The molecule has 1 saturated carbocycles. The van der Waals surface area contributed by atoms with Crippen molar-refractivity contribution in [1.29, 1.82) is 0 Å². The van der Waals surface area contributed by atoms with Crippen LogP contribution in [0.15, 0.2) is 24.3 Å². The quantitative estimate of drug-likeness (QED) is 0.422. The van der Waals surface area contributed by atoms with Gasteiger partial charge in [-0.1, -0.05) is 34.1 Å². The molecule has 1 aliphatic carbocycles. The Kier molecular flexibility index (Phi) is 8.54. The number of methoxy groups -OCH3 is 1. The van der Waals surface area contributed by atoms with Gasteiger partial charge in [0.25, 0.3) is 5.92 Å². The highest BCUT2D eigenvalue weighted by Crippen LogP contribution is 2.50. The number of hydrogen-bond acceptors (Lipinski definition) is 7. The smallest absolute Gasteiger partial charge is 0.408 e. The fourth-order valence-electron chi connectivity index (χ4n) is 6.71. The summed E-state index contributed by atoms with van der Waals surface area (Å²) < 4.78 is 49.4. The van der Waals surface area contributed by atoms with Gasteiger partial charge in [0.1, 0.15) is 35.5 Å². The molecule has 9 nitrogen and oxygen atoms in total. The summed E-state index contributed by atoms with van der Waals surface area (Å²) >= 11 is 0. The van der Waals surface area contributed by atoms with Gasteiger partial charge in [0.05, 0.1) is 25.2 Å². The molecule has 11 heteroatoms. The summed E-state index contributed by atoms with van der Waals surface area (Å²) in [4.78, 5) is 45.4. The fourth-order valence-corrected chi connectivity index (χ4v) is 6.71. The number of nitrogens with one attached hydrogen (secondary N) is 1. The zero-order chi connectivity index (χ0) is 32.0. The average molecular weight is 616 g/mol. The first kappa shape index (κ1) is 31.9. The molecule has 240 valence electrons. The predicted molar refractivity (Wildman–Crippen MR) is 160 cm³/mol. The van der Waals surface area contributed by atoms with Crippen LogP contribution in [0.1, 0.15) is 78.8 Å². The summed E-state index contributed by atoms with van der Waals surface area (Å²) in [6, 6.07) is 4.69. The van der Waals surface area contributed by atoms with E-state index in [-0.39, 0.29) is 24.6 Å². The molecule has 3 heterocycles. The zero-order valence-corrected chi connectivity index (χ0v) is 26.3. The molecule has 2 aliphatic heterocycles. The molecule has 2 fully saturated rings. The molecule has 1 aromatic heterocycles. The molecular formula is C33H43F2N3O6. The van der Waals surface area contributed by atoms with Crippen molar-refractivity contribution in [2.75, 3.05) is 13.7 Å². The minimum Gasteiger partial charge on any atom is -0.497 e. The molecular weight excluding hydrogens is 572 g/mol. The highest BCUT2D eigenvalue weighted by molar-refractivity contribution is 5.89. The van der Waals surface area contributed by atoms with Gasteiger partial charge in [-0.15, -0.1) is 0 Å². The highest BCUT2D eigenvalue weighted by Gasteiger charge is 2.54. The number of aromatic nitrogens is 1. The van der Waals surface area contributed by atoms with Crippen LogP contribution in [0.5, 0.6) is 11.5 Å². The Labute approximate surface area is 257 Å². The second-order valence-electron chi connectivity index (χ2n) is 13.7. The van der Waals surface area contributed by atoms with Gasteiger partial charge in [0.2, 0.25) is 5.91 Å². The van der Waals surface area contributed by atoms with Crippen molar-refractivity contribution in [1.82, 2.24) is 15.2 Å². The lowest BCUT2D eigenvalue weighted by molar-refractivity contribution is -0.139. The van der Waals surface area contributed by atoms with Gasteiger partial charge >= 0.3 is 6.09 Å². The number of carbonyl (C=O) groups excluding carboxylic acids is 3. The molecule has 44 heavy (non-hydrogen) atoms. The molecule has 1 aromatic carbocycles. The summed E-state index contributed by atoms with van der Waals surface area (Å²) in [5.41, 5.74) is -1.52. The topological polar surface area (TPSA) is 107 Å². The predicted octanol–water partition coefficient (Wildman–Crippen LogP) is 6.01. The Morgan fingerprint density at radius 2 is 1.95 bits per heavy atom. The minimum atomic E-state index is -3.30. The van der Waals surface area contributed by atoms with Crippen LogP contribution in [0.2, 0.25) is 0 Å². The normalized spacial score (nSPS) is 31.0. The van der Waals surface area contributed by atoms with Crippen LogP contribution in [-0.2, 0) is 20.2 Å². The zero-order valence-electron chi connectivity index (χ0n) is 26.3. The third kappa shape index (κ3) is 6.19.